The minimum atomic E-state index is -3.70. The van der Waals surface area contributed by atoms with Crippen LogP contribution in [0.5, 0.6) is 11.5 Å². The van der Waals surface area contributed by atoms with Crippen molar-refractivity contribution >= 4 is 27.1 Å². The molecule has 144 valence electrons. The van der Waals surface area contributed by atoms with Gasteiger partial charge < -0.3 is 14.8 Å². The number of carbonyl (C=O) groups excluding carboxylic acids is 1. The second-order valence-electron chi connectivity index (χ2n) is 6.15. The Morgan fingerprint density at radius 3 is 2.57 bits per heavy atom. The molecule has 1 aromatic heterocycles. The monoisotopic (exact) mass is 415 g/mol. The molecule has 28 heavy (non-hydrogen) atoms. The van der Waals surface area contributed by atoms with E-state index in [4.69, 9.17) is 9.47 Å². The number of sulfone groups is 1. The van der Waals surface area contributed by atoms with Crippen LogP contribution in [0.15, 0.2) is 70.3 Å². The number of rotatable bonds is 6. The molecule has 2 heterocycles. The highest BCUT2D eigenvalue weighted by molar-refractivity contribution is 7.93. The fraction of sp³-hybridized carbons (Fsp3) is 0.150. The molecule has 0 saturated heterocycles. The number of nitrogens with one attached hydrogen (secondary N) is 1. The molecule has 0 bridgehead atoms. The third-order valence-corrected chi connectivity index (χ3v) is 7.93. The topological polar surface area (TPSA) is 81.7 Å². The maximum atomic E-state index is 13.2. The molecule has 0 unspecified atom stereocenters. The average Bonchev–Trinajstić information content (AvgIpc) is 3.40. The summed E-state index contributed by atoms with van der Waals surface area (Å²) in [7, 11) is -3.70. The van der Waals surface area contributed by atoms with E-state index in [1.807, 2.05) is 6.07 Å². The second-order valence-corrected chi connectivity index (χ2v) is 9.46. The molecule has 1 N–H and O–H groups in total. The molecule has 0 aliphatic carbocycles. The van der Waals surface area contributed by atoms with Crippen molar-refractivity contribution in [2.45, 2.75) is 9.46 Å². The van der Waals surface area contributed by atoms with Gasteiger partial charge in [-0.25, -0.2) is 8.42 Å². The first-order valence-corrected chi connectivity index (χ1v) is 11.0. The Hall–Kier alpha value is -2.84. The van der Waals surface area contributed by atoms with Gasteiger partial charge in [-0.05, 0) is 41.3 Å². The van der Waals surface area contributed by atoms with Crippen molar-refractivity contribution in [2.24, 2.45) is 0 Å². The highest BCUT2D eigenvalue weighted by Gasteiger charge is 2.32. The molecular weight excluding hydrogens is 398 g/mol. The summed E-state index contributed by atoms with van der Waals surface area (Å²) in [5, 5.41) is 3.51. The fourth-order valence-electron chi connectivity index (χ4n) is 2.96. The lowest BCUT2D eigenvalue weighted by atomic mass is 10.1. The number of thiophene rings is 1. The summed E-state index contributed by atoms with van der Waals surface area (Å²) in [5.41, 5.74) is 1.01. The van der Waals surface area contributed by atoms with Gasteiger partial charge in [-0.2, -0.15) is 0 Å². The molecule has 8 heteroatoms. The van der Waals surface area contributed by atoms with Gasteiger partial charge in [-0.3, -0.25) is 4.79 Å². The summed E-state index contributed by atoms with van der Waals surface area (Å²) < 4.78 is 37.4. The Morgan fingerprint density at radius 1 is 1.04 bits per heavy atom. The van der Waals surface area contributed by atoms with Gasteiger partial charge in [0, 0.05) is 12.1 Å². The van der Waals surface area contributed by atoms with Crippen LogP contribution in [0.2, 0.25) is 0 Å². The summed E-state index contributed by atoms with van der Waals surface area (Å²) in [6, 6.07) is 17.0. The molecule has 6 nitrogen and oxygen atoms in total. The highest BCUT2D eigenvalue weighted by atomic mass is 32.2. The zero-order chi connectivity index (χ0) is 19.6. The molecular formula is C20H17NO5S2. The van der Waals surface area contributed by atoms with Crippen molar-refractivity contribution in [3.05, 3.63) is 77.2 Å². The number of carbonyl (C=O) groups is 1. The lowest BCUT2D eigenvalue weighted by Crippen LogP contribution is -2.31. The van der Waals surface area contributed by atoms with Crippen LogP contribution in [0, 0.1) is 0 Å². The van der Waals surface area contributed by atoms with Gasteiger partial charge in [0.1, 0.15) is 9.46 Å². The van der Waals surface area contributed by atoms with Gasteiger partial charge in [0.25, 0.3) is 5.91 Å². The maximum absolute atomic E-state index is 13.2. The van der Waals surface area contributed by atoms with E-state index >= 15 is 0 Å². The first-order valence-electron chi connectivity index (χ1n) is 8.56. The van der Waals surface area contributed by atoms with Crippen molar-refractivity contribution in [3.8, 4) is 11.5 Å². The van der Waals surface area contributed by atoms with E-state index in [1.54, 1.807) is 60.0 Å². The van der Waals surface area contributed by atoms with Gasteiger partial charge in [0.05, 0.1) is 0 Å². The first kappa shape index (κ1) is 18.5. The van der Waals surface area contributed by atoms with Crippen molar-refractivity contribution in [2.75, 3.05) is 13.3 Å². The SMILES string of the molecule is O=C(NC[C@@H](c1ccc2c(c1)OCO2)S(=O)(=O)c1cccs1)c1ccccc1. The second kappa shape index (κ2) is 7.65. The van der Waals surface area contributed by atoms with Crippen LogP contribution in [-0.2, 0) is 9.84 Å². The summed E-state index contributed by atoms with van der Waals surface area (Å²) in [6.45, 7) is 0.0411. The van der Waals surface area contributed by atoms with Crippen LogP contribution >= 0.6 is 11.3 Å². The number of ether oxygens (including phenoxy) is 2. The minimum absolute atomic E-state index is 0.0619. The zero-order valence-electron chi connectivity index (χ0n) is 14.7. The summed E-state index contributed by atoms with van der Waals surface area (Å²) in [6.07, 6.45) is 0. The van der Waals surface area contributed by atoms with Crippen molar-refractivity contribution in [1.82, 2.24) is 5.32 Å². The van der Waals surface area contributed by atoms with E-state index in [1.165, 1.54) is 0 Å². The van der Waals surface area contributed by atoms with Crippen LogP contribution in [-0.4, -0.2) is 27.7 Å². The smallest absolute Gasteiger partial charge is 0.251 e. The molecule has 0 radical (unpaired) electrons. The first-order chi connectivity index (χ1) is 13.6. The largest absolute Gasteiger partial charge is 0.454 e. The van der Waals surface area contributed by atoms with Gasteiger partial charge >= 0.3 is 0 Å². The molecule has 0 fully saturated rings. The predicted octanol–water partition coefficient (Wildman–Crippen LogP) is 3.42. The number of fused-ring (bicyclic) bond motifs is 1. The Bertz CT molecular complexity index is 1080. The standard InChI is InChI=1S/C20H17NO5S2/c22-20(14-5-2-1-3-6-14)21-12-18(28(23,24)19-7-4-10-27-19)15-8-9-16-17(11-15)26-13-25-16/h1-11,18H,12-13H2,(H,21,22)/t18-/m0/s1. The third kappa shape index (κ3) is 3.61. The Labute approximate surface area is 166 Å². The van der Waals surface area contributed by atoms with E-state index in [9.17, 15) is 13.2 Å². The third-order valence-electron chi connectivity index (χ3n) is 4.40. The lowest BCUT2D eigenvalue weighted by Gasteiger charge is -2.18. The van der Waals surface area contributed by atoms with Crippen LogP contribution < -0.4 is 14.8 Å². The van der Waals surface area contributed by atoms with Crippen LogP contribution in [0.3, 0.4) is 0 Å². The molecule has 3 aromatic rings. The molecule has 0 spiro atoms. The van der Waals surface area contributed by atoms with Crippen molar-refractivity contribution in [3.63, 3.8) is 0 Å². The quantitative estimate of drug-likeness (QED) is 0.667. The van der Waals surface area contributed by atoms with Gasteiger partial charge in [-0.1, -0.05) is 30.3 Å². The van der Waals surface area contributed by atoms with Gasteiger partial charge in [0.2, 0.25) is 6.79 Å². The average molecular weight is 415 g/mol. The van der Waals surface area contributed by atoms with Crippen LogP contribution in [0.1, 0.15) is 21.2 Å². The van der Waals surface area contributed by atoms with E-state index < -0.39 is 15.1 Å². The van der Waals surface area contributed by atoms with E-state index in [-0.39, 0.29) is 23.5 Å². The lowest BCUT2D eigenvalue weighted by molar-refractivity contribution is 0.0953. The van der Waals surface area contributed by atoms with Gasteiger partial charge in [-0.15, -0.1) is 11.3 Å². The van der Waals surface area contributed by atoms with E-state index in [0.29, 0.717) is 22.6 Å². The van der Waals surface area contributed by atoms with Crippen LogP contribution in [0.25, 0.3) is 0 Å². The molecule has 1 aliphatic heterocycles. The number of amides is 1. The van der Waals surface area contributed by atoms with Gasteiger partial charge in [0.15, 0.2) is 21.3 Å². The molecule has 0 saturated carbocycles. The Balaban J connectivity index is 1.65. The Morgan fingerprint density at radius 2 is 1.82 bits per heavy atom. The minimum Gasteiger partial charge on any atom is -0.454 e. The van der Waals surface area contributed by atoms with Crippen molar-refractivity contribution in [1.29, 1.82) is 0 Å². The number of benzene rings is 2. The molecule has 1 aliphatic rings. The molecule has 1 amide bonds. The zero-order valence-corrected chi connectivity index (χ0v) is 16.3. The molecule has 1 atom stereocenters. The van der Waals surface area contributed by atoms with Crippen LogP contribution in [0.4, 0.5) is 0 Å². The normalized spacial score (nSPS) is 13.9. The fourth-order valence-corrected chi connectivity index (χ4v) is 5.82. The molecule has 4 rings (SSSR count). The van der Waals surface area contributed by atoms with E-state index in [0.717, 1.165) is 11.3 Å². The van der Waals surface area contributed by atoms with E-state index in [2.05, 4.69) is 5.32 Å². The van der Waals surface area contributed by atoms with Crippen molar-refractivity contribution < 1.29 is 22.7 Å². The highest BCUT2D eigenvalue weighted by Crippen LogP contribution is 2.38. The number of hydrogen-bond acceptors (Lipinski definition) is 6. The summed E-state index contributed by atoms with van der Waals surface area (Å²) >= 11 is 1.15. The Kier molecular flexibility index (Phi) is 5.06. The molecule has 2 aromatic carbocycles. The number of hydrogen-bond donors (Lipinski definition) is 1. The maximum Gasteiger partial charge on any atom is 0.251 e. The summed E-state index contributed by atoms with van der Waals surface area (Å²) in [5.74, 6) is 0.746. The predicted molar refractivity (Wildman–Crippen MR) is 106 cm³/mol. The summed E-state index contributed by atoms with van der Waals surface area (Å²) in [4.78, 5) is 12.4.